The van der Waals surface area contributed by atoms with E-state index in [1.165, 1.54) is 12.5 Å². The predicted octanol–water partition coefficient (Wildman–Crippen LogP) is 4.78. The van der Waals surface area contributed by atoms with Crippen LogP contribution < -0.4 is 10.6 Å². The smallest absolute Gasteiger partial charge is 0.221 e. The molecule has 2 aromatic carbocycles. The highest BCUT2D eigenvalue weighted by Crippen LogP contribution is 2.24. The molecule has 3 nitrogen and oxygen atoms in total. The highest BCUT2D eigenvalue weighted by molar-refractivity contribution is 9.13. The molecule has 0 aliphatic heterocycles. The predicted molar refractivity (Wildman–Crippen MR) is 89.9 cm³/mol. The van der Waals surface area contributed by atoms with E-state index in [2.05, 4.69) is 54.6 Å². The van der Waals surface area contributed by atoms with E-state index in [0.717, 1.165) is 26.9 Å². The number of carbonyl (C=O) groups is 1. The fourth-order valence-electron chi connectivity index (χ4n) is 1.76. The second kappa shape index (κ2) is 6.90. The van der Waals surface area contributed by atoms with Gasteiger partial charge in [0.15, 0.2) is 0 Å². The maximum atomic E-state index is 11.0. The molecule has 0 saturated carbocycles. The van der Waals surface area contributed by atoms with Crippen LogP contribution in [0.5, 0.6) is 0 Å². The molecule has 0 radical (unpaired) electrons. The Kier molecular flexibility index (Phi) is 5.20. The number of rotatable bonds is 4. The fraction of sp³-hybridized carbons (Fsp3) is 0.133. The van der Waals surface area contributed by atoms with E-state index in [1.54, 1.807) is 0 Å². The van der Waals surface area contributed by atoms with E-state index in [0.29, 0.717) is 0 Å². The summed E-state index contributed by atoms with van der Waals surface area (Å²) in [7, 11) is 0. The van der Waals surface area contributed by atoms with Crippen molar-refractivity contribution < 1.29 is 4.79 Å². The summed E-state index contributed by atoms with van der Waals surface area (Å²) >= 11 is 6.94. The molecule has 0 bridgehead atoms. The van der Waals surface area contributed by atoms with E-state index >= 15 is 0 Å². The van der Waals surface area contributed by atoms with Crippen LogP contribution >= 0.6 is 31.9 Å². The first-order valence-corrected chi connectivity index (χ1v) is 7.68. The lowest BCUT2D eigenvalue weighted by atomic mass is 10.2. The van der Waals surface area contributed by atoms with Crippen LogP contribution in [0.15, 0.2) is 51.4 Å². The first-order valence-electron chi connectivity index (χ1n) is 6.10. The third kappa shape index (κ3) is 4.35. The Bertz CT molecular complexity index is 629. The number of carbonyl (C=O) groups excluding carboxylic acids is 1. The van der Waals surface area contributed by atoms with Gasteiger partial charge in [-0.05, 0) is 67.8 Å². The zero-order chi connectivity index (χ0) is 14.5. The van der Waals surface area contributed by atoms with Gasteiger partial charge >= 0.3 is 0 Å². The highest BCUT2D eigenvalue weighted by Gasteiger charge is 2.00. The van der Waals surface area contributed by atoms with Gasteiger partial charge in [0, 0.05) is 33.8 Å². The summed E-state index contributed by atoms with van der Waals surface area (Å²) in [6.45, 7) is 2.22. The Morgan fingerprint density at radius 3 is 2.50 bits per heavy atom. The minimum atomic E-state index is -0.0704. The Hall–Kier alpha value is -1.33. The van der Waals surface area contributed by atoms with Crippen molar-refractivity contribution in [3.05, 3.63) is 57.0 Å². The lowest BCUT2D eigenvalue weighted by Gasteiger charge is -2.09. The number of hydrogen-bond acceptors (Lipinski definition) is 2. The minimum absolute atomic E-state index is 0.0704. The van der Waals surface area contributed by atoms with Gasteiger partial charge in [-0.2, -0.15) is 0 Å². The summed E-state index contributed by atoms with van der Waals surface area (Å²) in [5.74, 6) is -0.0704. The van der Waals surface area contributed by atoms with E-state index in [4.69, 9.17) is 0 Å². The van der Waals surface area contributed by atoms with E-state index in [-0.39, 0.29) is 5.91 Å². The molecule has 0 heterocycles. The number of halogens is 2. The number of anilines is 2. The van der Waals surface area contributed by atoms with E-state index in [9.17, 15) is 4.79 Å². The largest absolute Gasteiger partial charge is 0.381 e. The average Bonchev–Trinajstić information content (AvgIpc) is 2.40. The van der Waals surface area contributed by atoms with Gasteiger partial charge in [0.25, 0.3) is 0 Å². The maximum absolute atomic E-state index is 11.0. The van der Waals surface area contributed by atoms with E-state index < -0.39 is 0 Å². The van der Waals surface area contributed by atoms with Gasteiger partial charge < -0.3 is 10.6 Å². The average molecular weight is 398 g/mol. The van der Waals surface area contributed by atoms with Gasteiger partial charge in [-0.3, -0.25) is 4.79 Å². The molecule has 0 fully saturated rings. The fourth-order valence-corrected chi connectivity index (χ4v) is 2.44. The van der Waals surface area contributed by atoms with Crippen molar-refractivity contribution in [2.24, 2.45) is 0 Å². The Morgan fingerprint density at radius 1 is 1.05 bits per heavy atom. The standard InChI is InChI=1S/C15H14Br2N2O/c1-10(20)19-13-4-2-3-12(8-13)18-9-11-5-6-14(16)15(17)7-11/h2-8,18H,9H2,1H3,(H,19,20). The molecule has 104 valence electrons. The van der Waals surface area contributed by atoms with Gasteiger partial charge in [-0.25, -0.2) is 0 Å². The first kappa shape index (κ1) is 15.1. The second-order valence-electron chi connectivity index (χ2n) is 4.36. The van der Waals surface area contributed by atoms with Gasteiger partial charge in [0.2, 0.25) is 5.91 Å². The summed E-state index contributed by atoms with van der Waals surface area (Å²) in [5.41, 5.74) is 2.93. The maximum Gasteiger partial charge on any atom is 0.221 e. The quantitative estimate of drug-likeness (QED) is 0.779. The summed E-state index contributed by atoms with van der Waals surface area (Å²) in [5, 5.41) is 6.10. The van der Waals surface area contributed by atoms with Crippen LogP contribution in [0.3, 0.4) is 0 Å². The topological polar surface area (TPSA) is 41.1 Å². The Labute approximate surface area is 135 Å². The van der Waals surface area contributed by atoms with Crippen molar-refractivity contribution in [2.75, 3.05) is 10.6 Å². The van der Waals surface area contributed by atoms with E-state index in [1.807, 2.05) is 30.3 Å². The van der Waals surface area contributed by atoms with Crippen LogP contribution in [0.25, 0.3) is 0 Å². The zero-order valence-corrected chi connectivity index (χ0v) is 14.1. The third-order valence-corrected chi connectivity index (χ3v) is 4.54. The van der Waals surface area contributed by atoms with Gasteiger partial charge in [0.05, 0.1) is 0 Å². The minimum Gasteiger partial charge on any atom is -0.381 e. The molecule has 0 unspecified atom stereocenters. The van der Waals surface area contributed by atoms with Crippen LogP contribution in [-0.2, 0) is 11.3 Å². The molecule has 0 spiro atoms. The molecular weight excluding hydrogens is 384 g/mol. The van der Waals surface area contributed by atoms with Crippen LogP contribution in [0.4, 0.5) is 11.4 Å². The Balaban J connectivity index is 2.03. The number of hydrogen-bond donors (Lipinski definition) is 2. The molecule has 0 aliphatic rings. The summed E-state index contributed by atoms with van der Waals surface area (Å²) < 4.78 is 2.07. The van der Waals surface area contributed by atoms with Gasteiger partial charge in [-0.1, -0.05) is 12.1 Å². The van der Waals surface area contributed by atoms with Crippen LogP contribution in [0.1, 0.15) is 12.5 Å². The number of amides is 1. The van der Waals surface area contributed by atoms with Crippen LogP contribution in [0.2, 0.25) is 0 Å². The van der Waals surface area contributed by atoms with Crippen molar-refractivity contribution in [3.8, 4) is 0 Å². The van der Waals surface area contributed by atoms with Crippen molar-refractivity contribution in [3.63, 3.8) is 0 Å². The summed E-state index contributed by atoms with van der Waals surface area (Å²) in [6.07, 6.45) is 0. The number of benzene rings is 2. The van der Waals surface area contributed by atoms with Crippen LogP contribution in [0, 0.1) is 0 Å². The van der Waals surface area contributed by atoms with Crippen LogP contribution in [-0.4, -0.2) is 5.91 Å². The van der Waals surface area contributed by atoms with Crippen molar-refractivity contribution >= 4 is 49.1 Å². The monoisotopic (exact) mass is 396 g/mol. The van der Waals surface area contributed by atoms with Crippen molar-refractivity contribution in [1.29, 1.82) is 0 Å². The molecule has 2 rings (SSSR count). The molecule has 0 aliphatic carbocycles. The molecule has 5 heteroatoms. The second-order valence-corrected chi connectivity index (χ2v) is 6.07. The van der Waals surface area contributed by atoms with Gasteiger partial charge in [-0.15, -0.1) is 0 Å². The SMILES string of the molecule is CC(=O)Nc1cccc(NCc2ccc(Br)c(Br)c2)c1. The molecule has 0 saturated heterocycles. The molecule has 2 N–H and O–H groups in total. The lowest BCUT2D eigenvalue weighted by Crippen LogP contribution is -2.06. The molecular formula is C15H14Br2N2O. The van der Waals surface area contributed by atoms with Crippen molar-refractivity contribution in [2.45, 2.75) is 13.5 Å². The number of nitrogens with one attached hydrogen (secondary N) is 2. The molecule has 0 atom stereocenters. The zero-order valence-electron chi connectivity index (χ0n) is 10.9. The molecule has 0 aromatic heterocycles. The normalized spacial score (nSPS) is 10.2. The third-order valence-electron chi connectivity index (χ3n) is 2.66. The molecule has 1 amide bonds. The Morgan fingerprint density at radius 2 is 1.80 bits per heavy atom. The van der Waals surface area contributed by atoms with Gasteiger partial charge in [0.1, 0.15) is 0 Å². The first-order chi connectivity index (χ1) is 9.54. The van der Waals surface area contributed by atoms with Crippen molar-refractivity contribution in [1.82, 2.24) is 0 Å². The lowest BCUT2D eigenvalue weighted by molar-refractivity contribution is -0.114. The molecule has 20 heavy (non-hydrogen) atoms. The highest BCUT2D eigenvalue weighted by atomic mass is 79.9. The summed E-state index contributed by atoms with van der Waals surface area (Å²) in [4.78, 5) is 11.0. The molecule has 2 aromatic rings. The summed E-state index contributed by atoms with van der Waals surface area (Å²) in [6, 6.07) is 13.8.